The van der Waals surface area contributed by atoms with Crippen molar-refractivity contribution >= 4 is 13.8 Å². The van der Waals surface area contributed by atoms with Gasteiger partial charge in [0.25, 0.3) is 0 Å². The normalized spacial score (nSPS) is 15.2. The number of ether oxygens (including phenoxy) is 1. The summed E-state index contributed by atoms with van der Waals surface area (Å²) in [6, 6.07) is 0. The van der Waals surface area contributed by atoms with E-state index in [1.165, 1.54) is 0 Å². The molecule has 0 rings (SSSR count). The summed E-state index contributed by atoms with van der Waals surface area (Å²) in [5, 5.41) is 9.87. The fourth-order valence-corrected chi connectivity index (χ4v) is 4.32. The number of unbranched alkanes of at least 4 members (excludes halogenated alkanes) is 3. The summed E-state index contributed by atoms with van der Waals surface area (Å²) in [6.45, 7) is 1.96. The number of carbonyl (C=O) groups is 1. The van der Waals surface area contributed by atoms with Gasteiger partial charge in [0.1, 0.15) is 25.9 Å². The first-order valence-electron chi connectivity index (χ1n) is 16.4. The summed E-state index contributed by atoms with van der Waals surface area (Å²) >= 11 is 0. The van der Waals surface area contributed by atoms with Crippen molar-refractivity contribution in [3.63, 3.8) is 0 Å². The molecule has 0 aromatic heterocycles. The molecule has 0 aliphatic rings. The summed E-state index contributed by atoms with van der Waals surface area (Å²) in [5.41, 5.74) is 0. The van der Waals surface area contributed by atoms with E-state index < -0.39 is 26.5 Å². The Kier molecular flexibility index (Phi) is 27.6. The number of aliphatic hydroxyl groups excluding tert-OH is 1. The summed E-state index contributed by atoms with van der Waals surface area (Å²) in [7, 11) is 1.52. The molecule has 0 radical (unpaired) electrons. The second-order valence-corrected chi connectivity index (χ2v) is 13.1. The van der Waals surface area contributed by atoms with E-state index in [0.29, 0.717) is 17.4 Å². The minimum Gasteiger partial charge on any atom is -0.463 e. The van der Waals surface area contributed by atoms with Gasteiger partial charge in [0.15, 0.2) is 0 Å². The Hall–Kier alpha value is -2.32. The molecule has 45 heavy (non-hydrogen) atoms. The van der Waals surface area contributed by atoms with Gasteiger partial charge in [-0.05, 0) is 64.2 Å². The average Bonchev–Trinajstić information content (AvgIpc) is 2.98. The molecular formula is C36H61NO7P+. The Morgan fingerprint density at radius 2 is 1.16 bits per heavy atom. The minimum atomic E-state index is -4.26. The summed E-state index contributed by atoms with van der Waals surface area (Å²) < 4.78 is 27.1. The van der Waals surface area contributed by atoms with Crippen LogP contribution in [-0.4, -0.2) is 74.1 Å². The molecule has 9 heteroatoms. The van der Waals surface area contributed by atoms with Crippen LogP contribution in [0, 0.1) is 0 Å². The van der Waals surface area contributed by atoms with Crippen LogP contribution in [0.1, 0.15) is 84.0 Å². The first-order valence-corrected chi connectivity index (χ1v) is 17.9. The number of nitrogens with zero attached hydrogens (tertiary/aromatic N) is 1. The number of aliphatic hydroxyl groups is 1. The molecule has 0 saturated carbocycles. The number of allylic oxidation sites excluding steroid dienone is 14. The maximum atomic E-state index is 11.9. The largest absolute Gasteiger partial charge is 0.472 e. The van der Waals surface area contributed by atoms with Crippen molar-refractivity contribution in [1.29, 1.82) is 0 Å². The molecule has 0 amide bonds. The Morgan fingerprint density at radius 3 is 1.62 bits per heavy atom. The van der Waals surface area contributed by atoms with Crippen molar-refractivity contribution in [2.75, 3.05) is 47.5 Å². The number of likely N-dealkylation sites (N-methyl/N-ethyl adjacent to an activating group) is 1. The fraction of sp³-hybridized carbons (Fsp3) is 0.583. The lowest BCUT2D eigenvalue weighted by molar-refractivity contribution is -0.870. The van der Waals surface area contributed by atoms with E-state index in [-0.39, 0.29) is 19.6 Å². The first kappa shape index (κ1) is 42.7. The van der Waals surface area contributed by atoms with Crippen LogP contribution in [0.15, 0.2) is 85.1 Å². The number of phosphoric ester groups is 1. The number of esters is 1. The van der Waals surface area contributed by atoms with Gasteiger partial charge in [-0.3, -0.25) is 13.8 Å². The minimum absolute atomic E-state index is 0.0433. The molecule has 0 spiro atoms. The molecule has 256 valence electrons. The highest BCUT2D eigenvalue weighted by molar-refractivity contribution is 7.47. The van der Waals surface area contributed by atoms with Crippen molar-refractivity contribution in [3.8, 4) is 0 Å². The lowest BCUT2D eigenvalue weighted by Gasteiger charge is -2.24. The molecule has 2 N–H and O–H groups in total. The van der Waals surface area contributed by atoms with Crippen molar-refractivity contribution < 1.29 is 37.6 Å². The summed E-state index contributed by atoms with van der Waals surface area (Å²) in [6.07, 6.45) is 40.2. The van der Waals surface area contributed by atoms with E-state index in [4.69, 9.17) is 13.8 Å². The van der Waals surface area contributed by atoms with Gasteiger partial charge in [0.2, 0.25) is 0 Å². The number of carbonyl (C=O) groups excluding carboxylic acids is 1. The smallest absolute Gasteiger partial charge is 0.463 e. The Labute approximate surface area is 273 Å². The third-order valence-corrected chi connectivity index (χ3v) is 7.15. The molecule has 0 aromatic carbocycles. The molecular weight excluding hydrogens is 589 g/mol. The maximum Gasteiger partial charge on any atom is 0.472 e. The van der Waals surface area contributed by atoms with Gasteiger partial charge >= 0.3 is 13.8 Å². The van der Waals surface area contributed by atoms with Crippen molar-refractivity contribution in [3.05, 3.63) is 85.1 Å². The Morgan fingerprint density at radius 1 is 0.689 bits per heavy atom. The third kappa shape index (κ3) is 34.4. The van der Waals surface area contributed by atoms with E-state index in [1.54, 1.807) is 0 Å². The van der Waals surface area contributed by atoms with Crippen LogP contribution in [0.2, 0.25) is 0 Å². The Balaban J connectivity index is 3.70. The van der Waals surface area contributed by atoms with Crippen LogP contribution in [0.25, 0.3) is 0 Å². The van der Waals surface area contributed by atoms with Crippen LogP contribution in [-0.2, 0) is 23.1 Å². The number of hydrogen-bond acceptors (Lipinski definition) is 6. The molecule has 0 aromatic rings. The highest BCUT2D eigenvalue weighted by atomic mass is 31.2. The monoisotopic (exact) mass is 650 g/mol. The zero-order valence-corrected chi connectivity index (χ0v) is 29.2. The van der Waals surface area contributed by atoms with Crippen LogP contribution in [0.4, 0.5) is 0 Å². The molecule has 0 aliphatic carbocycles. The zero-order valence-electron chi connectivity index (χ0n) is 28.3. The van der Waals surface area contributed by atoms with Crippen LogP contribution >= 0.6 is 7.82 Å². The molecule has 8 nitrogen and oxygen atoms in total. The van der Waals surface area contributed by atoms with E-state index in [0.717, 1.165) is 64.2 Å². The van der Waals surface area contributed by atoms with E-state index in [2.05, 4.69) is 92.0 Å². The number of hydrogen-bond donors (Lipinski definition) is 2. The van der Waals surface area contributed by atoms with E-state index in [1.807, 2.05) is 21.1 Å². The number of quaternary nitrogens is 1. The van der Waals surface area contributed by atoms with Gasteiger partial charge in [-0.15, -0.1) is 0 Å². The standard InChI is InChI=1S/C36H60NO7P/c1-5-6-7-8-9-10-11-12-13-14-15-16-17-18-19-20-21-22-23-24-25-26-27-28-29-30-36(39)42-33-35(38)34-44-45(40,41)43-32-31-37(2,3)4/h6-7,9-10,12-13,15-16,18-19,21-22,24-25,35,38H,5,8,11,14,17,20,23,26-34H2,1-4H3/p+1/b7-6-,10-9-,13-12-,16-15-,19-18-,22-21-,25-24-. The van der Waals surface area contributed by atoms with Gasteiger partial charge in [-0.1, -0.05) is 98.4 Å². The van der Waals surface area contributed by atoms with Gasteiger partial charge < -0.3 is 19.2 Å². The molecule has 0 fully saturated rings. The highest BCUT2D eigenvalue weighted by Crippen LogP contribution is 2.43. The van der Waals surface area contributed by atoms with Gasteiger partial charge in [0.05, 0.1) is 27.7 Å². The number of rotatable bonds is 28. The number of phosphoric acid groups is 1. The highest BCUT2D eigenvalue weighted by Gasteiger charge is 2.24. The van der Waals surface area contributed by atoms with Crippen molar-refractivity contribution in [1.82, 2.24) is 0 Å². The SMILES string of the molecule is CC/C=C\C/C=C\C/C=C\C/C=C\C/C=C\C/C=C\C/C=C\CCCCCC(=O)OCC(O)COP(=O)(O)OCC[N+](C)(C)C. The summed E-state index contributed by atoms with van der Waals surface area (Å²) in [4.78, 5) is 21.5. The molecule has 0 saturated heterocycles. The predicted molar refractivity (Wildman–Crippen MR) is 187 cm³/mol. The fourth-order valence-electron chi connectivity index (χ4n) is 3.58. The van der Waals surface area contributed by atoms with Gasteiger partial charge in [-0.25, -0.2) is 4.57 Å². The summed E-state index contributed by atoms with van der Waals surface area (Å²) in [5.74, 6) is -0.409. The first-order chi connectivity index (χ1) is 21.6. The quantitative estimate of drug-likeness (QED) is 0.0289. The van der Waals surface area contributed by atoms with E-state index >= 15 is 0 Å². The lowest BCUT2D eigenvalue weighted by atomic mass is 10.1. The van der Waals surface area contributed by atoms with Crippen LogP contribution < -0.4 is 0 Å². The van der Waals surface area contributed by atoms with Gasteiger partial charge in [0, 0.05) is 6.42 Å². The van der Waals surface area contributed by atoms with Crippen molar-refractivity contribution in [2.24, 2.45) is 0 Å². The molecule has 0 bridgehead atoms. The lowest BCUT2D eigenvalue weighted by Crippen LogP contribution is -2.37. The third-order valence-electron chi connectivity index (χ3n) is 6.17. The van der Waals surface area contributed by atoms with E-state index in [9.17, 15) is 19.4 Å². The van der Waals surface area contributed by atoms with Crippen LogP contribution in [0.3, 0.4) is 0 Å². The van der Waals surface area contributed by atoms with Gasteiger partial charge in [-0.2, -0.15) is 0 Å². The topological polar surface area (TPSA) is 102 Å². The van der Waals surface area contributed by atoms with Crippen molar-refractivity contribution in [2.45, 2.75) is 90.1 Å². The molecule has 0 heterocycles. The maximum absolute atomic E-state index is 11.9. The average molecular weight is 651 g/mol. The van der Waals surface area contributed by atoms with Crippen LogP contribution in [0.5, 0.6) is 0 Å². The second-order valence-electron chi connectivity index (χ2n) is 11.7. The predicted octanol–water partition coefficient (Wildman–Crippen LogP) is 8.32. The molecule has 2 atom stereocenters. The second kappa shape index (κ2) is 29.1. The molecule has 2 unspecified atom stereocenters. The zero-order chi connectivity index (χ0) is 33.5. The Bertz CT molecular complexity index is 990. The molecule has 0 aliphatic heterocycles.